The SMILES string of the molecule is CCC[C@H](NC(=O)OC(C)(C)C)C(O)C1(CC2CCCCC2)SCCCS1. The second-order valence-electron chi connectivity index (χ2n) is 9.06. The lowest BCUT2D eigenvalue weighted by molar-refractivity contribution is 0.0388. The van der Waals surface area contributed by atoms with Crippen molar-refractivity contribution in [2.45, 2.75) is 107 Å². The molecule has 2 fully saturated rings. The number of carbonyl (C=O) groups is 1. The van der Waals surface area contributed by atoms with E-state index in [1.54, 1.807) is 0 Å². The van der Waals surface area contributed by atoms with E-state index in [0.29, 0.717) is 5.92 Å². The molecule has 0 spiro atoms. The Morgan fingerprint density at radius 1 is 1.19 bits per heavy atom. The van der Waals surface area contributed by atoms with Gasteiger partial charge in [0, 0.05) is 0 Å². The molecule has 0 aromatic rings. The van der Waals surface area contributed by atoms with E-state index in [9.17, 15) is 9.90 Å². The Hall–Kier alpha value is -0.0700. The summed E-state index contributed by atoms with van der Waals surface area (Å²) in [5.74, 6) is 2.90. The molecule has 1 amide bonds. The predicted octanol–water partition coefficient (Wildman–Crippen LogP) is 5.58. The highest BCUT2D eigenvalue weighted by atomic mass is 32.2. The largest absolute Gasteiger partial charge is 0.444 e. The third-order valence-electron chi connectivity index (χ3n) is 5.41. The van der Waals surface area contributed by atoms with Crippen LogP contribution < -0.4 is 5.32 Å². The van der Waals surface area contributed by atoms with Crippen LogP contribution in [-0.4, -0.2) is 44.5 Å². The van der Waals surface area contributed by atoms with Gasteiger partial charge in [0.05, 0.1) is 16.2 Å². The first-order valence-electron chi connectivity index (χ1n) is 10.7. The van der Waals surface area contributed by atoms with E-state index in [1.807, 2.05) is 44.3 Å². The Kier molecular flexibility index (Phi) is 9.14. The van der Waals surface area contributed by atoms with Crippen molar-refractivity contribution in [2.24, 2.45) is 5.92 Å². The molecule has 0 aromatic heterocycles. The highest BCUT2D eigenvalue weighted by Crippen LogP contribution is 2.51. The fourth-order valence-corrected chi connectivity index (χ4v) is 7.84. The second kappa shape index (κ2) is 10.6. The first-order chi connectivity index (χ1) is 12.8. The first kappa shape index (κ1) is 23.2. The van der Waals surface area contributed by atoms with Crippen molar-refractivity contribution in [3.63, 3.8) is 0 Å². The summed E-state index contributed by atoms with van der Waals surface area (Å²) in [4.78, 5) is 12.4. The minimum Gasteiger partial charge on any atom is -0.444 e. The zero-order chi connectivity index (χ0) is 19.9. The summed E-state index contributed by atoms with van der Waals surface area (Å²) in [6.07, 6.45) is 9.54. The summed E-state index contributed by atoms with van der Waals surface area (Å²) in [6.45, 7) is 7.71. The number of aliphatic hydroxyl groups is 1. The van der Waals surface area contributed by atoms with Gasteiger partial charge in [-0.05, 0) is 57.5 Å². The maximum atomic E-state index is 12.4. The quantitative estimate of drug-likeness (QED) is 0.566. The van der Waals surface area contributed by atoms with Gasteiger partial charge in [-0.3, -0.25) is 0 Å². The summed E-state index contributed by atoms with van der Waals surface area (Å²) in [5.41, 5.74) is -0.528. The third kappa shape index (κ3) is 7.36. The standard InChI is InChI=1S/C21H39NO3S2/c1-5-10-17(22-19(24)25-20(2,3)4)18(23)21(26-13-9-14-27-21)15-16-11-7-6-8-12-16/h16-18,23H,5-15H2,1-4H3,(H,22,24)/t17-,18?/m0/s1. The molecule has 0 radical (unpaired) electrons. The minimum absolute atomic E-state index is 0.199. The molecule has 1 saturated heterocycles. The minimum atomic E-state index is -0.554. The molecule has 4 nitrogen and oxygen atoms in total. The fraction of sp³-hybridized carbons (Fsp3) is 0.952. The molecule has 158 valence electrons. The van der Waals surface area contributed by atoms with Crippen LogP contribution in [0.2, 0.25) is 0 Å². The Morgan fingerprint density at radius 3 is 2.37 bits per heavy atom. The summed E-state index contributed by atoms with van der Waals surface area (Å²) in [5, 5.41) is 14.5. The van der Waals surface area contributed by atoms with Crippen molar-refractivity contribution in [1.29, 1.82) is 0 Å². The number of nitrogens with one attached hydrogen (secondary N) is 1. The van der Waals surface area contributed by atoms with Gasteiger partial charge >= 0.3 is 6.09 Å². The summed E-state index contributed by atoms with van der Waals surface area (Å²) < 4.78 is 5.26. The number of thioether (sulfide) groups is 2. The van der Waals surface area contributed by atoms with Crippen molar-refractivity contribution in [3.8, 4) is 0 Å². The van der Waals surface area contributed by atoms with Gasteiger partial charge in [-0.15, -0.1) is 23.5 Å². The smallest absolute Gasteiger partial charge is 0.407 e. The lowest BCUT2D eigenvalue weighted by atomic mass is 9.84. The number of rotatable bonds is 7. The van der Waals surface area contributed by atoms with Gasteiger partial charge in [-0.2, -0.15) is 0 Å². The molecular formula is C21H39NO3S2. The van der Waals surface area contributed by atoms with Crippen LogP contribution in [0.1, 0.15) is 85.5 Å². The topological polar surface area (TPSA) is 58.6 Å². The van der Waals surface area contributed by atoms with Gasteiger partial charge in [0.15, 0.2) is 0 Å². The van der Waals surface area contributed by atoms with E-state index in [2.05, 4.69) is 12.2 Å². The molecule has 0 bridgehead atoms. The summed E-state index contributed by atoms with van der Waals surface area (Å²) >= 11 is 3.86. The average Bonchev–Trinajstić information content (AvgIpc) is 2.61. The molecular weight excluding hydrogens is 378 g/mol. The van der Waals surface area contributed by atoms with Crippen LogP contribution >= 0.6 is 23.5 Å². The number of hydrogen-bond acceptors (Lipinski definition) is 5. The van der Waals surface area contributed by atoms with E-state index in [4.69, 9.17) is 4.74 Å². The van der Waals surface area contributed by atoms with E-state index in [0.717, 1.165) is 30.8 Å². The molecule has 2 N–H and O–H groups in total. The molecule has 2 aliphatic rings. The Balaban J connectivity index is 2.11. The molecule has 1 heterocycles. The monoisotopic (exact) mass is 417 g/mol. The van der Waals surface area contributed by atoms with Crippen molar-refractivity contribution in [1.82, 2.24) is 5.32 Å². The Labute approximate surface area is 174 Å². The van der Waals surface area contributed by atoms with Crippen LogP contribution in [-0.2, 0) is 4.74 Å². The van der Waals surface area contributed by atoms with Gasteiger partial charge in [0.25, 0.3) is 0 Å². The summed E-state index contributed by atoms with van der Waals surface area (Å²) in [7, 11) is 0. The lowest BCUT2D eigenvalue weighted by Gasteiger charge is -2.45. The van der Waals surface area contributed by atoms with Crippen molar-refractivity contribution in [2.75, 3.05) is 11.5 Å². The molecule has 1 saturated carbocycles. The van der Waals surface area contributed by atoms with E-state index in [1.165, 1.54) is 38.5 Å². The number of ether oxygens (including phenoxy) is 1. The lowest BCUT2D eigenvalue weighted by Crippen LogP contribution is -2.54. The molecule has 1 aliphatic carbocycles. The molecule has 1 unspecified atom stereocenters. The van der Waals surface area contributed by atoms with Crippen molar-refractivity contribution in [3.05, 3.63) is 0 Å². The van der Waals surface area contributed by atoms with E-state index in [-0.39, 0.29) is 10.1 Å². The highest BCUT2D eigenvalue weighted by Gasteiger charge is 2.46. The van der Waals surface area contributed by atoms with Crippen molar-refractivity contribution < 1.29 is 14.6 Å². The number of carbonyl (C=O) groups excluding carboxylic acids is 1. The fourth-order valence-electron chi connectivity index (χ4n) is 4.18. The maximum Gasteiger partial charge on any atom is 0.407 e. The van der Waals surface area contributed by atoms with E-state index >= 15 is 0 Å². The Morgan fingerprint density at radius 2 is 1.81 bits per heavy atom. The van der Waals surface area contributed by atoms with Crippen LogP contribution in [0.25, 0.3) is 0 Å². The zero-order valence-corrected chi connectivity index (χ0v) is 19.2. The predicted molar refractivity (Wildman–Crippen MR) is 118 cm³/mol. The average molecular weight is 418 g/mol. The number of amides is 1. The van der Waals surface area contributed by atoms with Gasteiger partial charge in [-0.25, -0.2) is 4.79 Å². The van der Waals surface area contributed by atoms with Crippen molar-refractivity contribution >= 4 is 29.6 Å². The summed E-state index contributed by atoms with van der Waals surface area (Å²) in [6, 6.07) is -0.258. The van der Waals surface area contributed by atoms with Crippen LogP contribution in [0.4, 0.5) is 4.79 Å². The second-order valence-corrected chi connectivity index (χ2v) is 12.2. The Bertz CT molecular complexity index is 455. The molecule has 2 rings (SSSR count). The molecule has 2 atom stereocenters. The number of hydrogen-bond donors (Lipinski definition) is 2. The third-order valence-corrected chi connectivity index (χ3v) is 8.90. The molecule has 6 heteroatoms. The normalized spacial score (nSPS) is 23.4. The van der Waals surface area contributed by atoms with Gasteiger partial charge < -0.3 is 15.2 Å². The number of aliphatic hydroxyl groups excluding tert-OH is 1. The molecule has 27 heavy (non-hydrogen) atoms. The van der Waals surface area contributed by atoms with Crippen LogP contribution in [0.3, 0.4) is 0 Å². The van der Waals surface area contributed by atoms with Crippen LogP contribution in [0.15, 0.2) is 0 Å². The van der Waals surface area contributed by atoms with Gasteiger partial charge in [0.1, 0.15) is 5.60 Å². The maximum absolute atomic E-state index is 12.4. The molecule has 1 aliphatic heterocycles. The van der Waals surface area contributed by atoms with Crippen LogP contribution in [0.5, 0.6) is 0 Å². The first-order valence-corrected chi connectivity index (χ1v) is 12.7. The van der Waals surface area contributed by atoms with Crippen LogP contribution in [0, 0.1) is 5.92 Å². The van der Waals surface area contributed by atoms with E-state index < -0.39 is 17.8 Å². The van der Waals surface area contributed by atoms with Gasteiger partial charge in [0.2, 0.25) is 0 Å². The zero-order valence-electron chi connectivity index (χ0n) is 17.6. The molecule has 0 aromatic carbocycles. The number of alkyl carbamates (subject to hydrolysis) is 1. The van der Waals surface area contributed by atoms with Gasteiger partial charge in [-0.1, -0.05) is 45.4 Å². The highest BCUT2D eigenvalue weighted by molar-refractivity contribution is 8.18.